The van der Waals surface area contributed by atoms with Crippen LogP contribution in [0, 0.1) is 0 Å². The van der Waals surface area contributed by atoms with Crippen LogP contribution in [-0.4, -0.2) is 28.4 Å². The van der Waals surface area contributed by atoms with E-state index in [0.717, 1.165) is 19.3 Å². The summed E-state index contributed by atoms with van der Waals surface area (Å²) < 4.78 is 0. The van der Waals surface area contributed by atoms with Gasteiger partial charge in [-0.2, -0.15) is 4.99 Å². The zero-order chi connectivity index (χ0) is 15.1. The lowest BCUT2D eigenvalue weighted by atomic mass is 10.2. The van der Waals surface area contributed by atoms with Crippen LogP contribution in [0.5, 0.6) is 0 Å². The largest absolute Gasteiger partial charge is 0.382 e. The molecule has 8 nitrogen and oxygen atoms in total. The fourth-order valence-corrected chi connectivity index (χ4v) is 1.64. The van der Waals surface area contributed by atoms with Gasteiger partial charge in [-0.05, 0) is 6.42 Å². The number of carbonyl (C=O) groups is 1. The Labute approximate surface area is 121 Å². The molecule has 0 aromatic carbocycles. The standard InChI is InChI=1S/C11H18ClN7O/c1-2-3-4-5-16-9-7(12)17-6(8(13)18-9)10(20)19-11(14)15/h2-5H2,1H3,(H3,13,16,18)(H4,14,15,19,20). The third kappa shape index (κ3) is 4.54. The van der Waals surface area contributed by atoms with Gasteiger partial charge in [-0.15, -0.1) is 0 Å². The predicted molar refractivity (Wildman–Crippen MR) is 79.6 cm³/mol. The number of carbonyl (C=O) groups excluding carboxylic acids is 1. The van der Waals surface area contributed by atoms with Crippen molar-refractivity contribution in [1.82, 2.24) is 9.97 Å². The molecule has 0 aliphatic rings. The van der Waals surface area contributed by atoms with Crippen LogP contribution in [0.15, 0.2) is 4.99 Å². The highest BCUT2D eigenvalue weighted by atomic mass is 35.5. The van der Waals surface area contributed by atoms with Gasteiger partial charge in [0.1, 0.15) is 0 Å². The number of anilines is 2. The molecule has 0 atom stereocenters. The minimum Gasteiger partial charge on any atom is -0.382 e. The molecule has 0 unspecified atom stereocenters. The van der Waals surface area contributed by atoms with Crippen molar-refractivity contribution in [2.75, 3.05) is 17.6 Å². The number of hydrogen-bond acceptors (Lipinski definition) is 5. The summed E-state index contributed by atoms with van der Waals surface area (Å²) in [6, 6.07) is 0. The van der Waals surface area contributed by atoms with Gasteiger partial charge in [-0.25, -0.2) is 9.97 Å². The number of hydrogen-bond donors (Lipinski definition) is 4. The molecule has 0 saturated carbocycles. The van der Waals surface area contributed by atoms with Crippen molar-refractivity contribution in [3.8, 4) is 0 Å². The number of amides is 1. The maximum Gasteiger partial charge on any atom is 0.302 e. The van der Waals surface area contributed by atoms with E-state index in [-0.39, 0.29) is 22.6 Å². The van der Waals surface area contributed by atoms with E-state index < -0.39 is 5.91 Å². The van der Waals surface area contributed by atoms with Crippen LogP contribution in [0.4, 0.5) is 11.6 Å². The summed E-state index contributed by atoms with van der Waals surface area (Å²) in [7, 11) is 0. The summed E-state index contributed by atoms with van der Waals surface area (Å²) in [5.41, 5.74) is 15.7. The van der Waals surface area contributed by atoms with Gasteiger partial charge < -0.3 is 22.5 Å². The molecule has 7 N–H and O–H groups in total. The summed E-state index contributed by atoms with van der Waals surface area (Å²) in [6.07, 6.45) is 3.17. The van der Waals surface area contributed by atoms with E-state index in [1.165, 1.54) is 0 Å². The van der Waals surface area contributed by atoms with Gasteiger partial charge in [-0.3, -0.25) is 4.79 Å². The van der Waals surface area contributed by atoms with Gasteiger partial charge in [0.2, 0.25) is 0 Å². The topological polar surface area (TPSA) is 145 Å². The summed E-state index contributed by atoms with van der Waals surface area (Å²) in [4.78, 5) is 22.8. The minimum atomic E-state index is -0.783. The van der Waals surface area contributed by atoms with Crippen LogP contribution < -0.4 is 22.5 Å². The molecule has 1 rings (SSSR count). The molecular weight excluding hydrogens is 282 g/mol. The van der Waals surface area contributed by atoms with Gasteiger partial charge in [-0.1, -0.05) is 31.4 Å². The molecule has 20 heavy (non-hydrogen) atoms. The fourth-order valence-electron chi connectivity index (χ4n) is 1.45. The summed E-state index contributed by atoms with van der Waals surface area (Å²) in [6.45, 7) is 2.80. The average Bonchev–Trinajstić information content (AvgIpc) is 2.37. The van der Waals surface area contributed by atoms with Crippen LogP contribution >= 0.6 is 11.6 Å². The number of halogens is 1. The Bertz CT molecular complexity index is 514. The minimum absolute atomic E-state index is 0.0461. The van der Waals surface area contributed by atoms with Crippen LogP contribution in [0.3, 0.4) is 0 Å². The highest BCUT2D eigenvalue weighted by Gasteiger charge is 2.16. The van der Waals surface area contributed by atoms with Crippen LogP contribution in [0.1, 0.15) is 36.7 Å². The number of nitrogens with two attached hydrogens (primary N) is 3. The molecule has 110 valence electrons. The summed E-state index contributed by atoms with van der Waals surface area (Å²) in [5.74, 6) is -0.910. The van der Waals surface area contributed by atoms with Crippen molar-refractivity contribution in [3.05, 3.63) is 10.8 Å². The maximum atomic E-state index is 11.6. The number of nitrogens with one attached hydrogen (secondary N) is 1. The Hall–Kier alpha value is -2.09. The molecule has 0 aliphatic carbocycles. The second kappa shape index (κ2) is 7.49. The van der Waals surface area contributed by atoms with Gasteiger partial charge in [0.05, 0.1) is 0 Å². The van der Waals surface area contributed by atoms with Crippen molar-refractivity contribution in [1.29, 1.82) is 0 Å². The molecule has 0 saturated heterocycles. The third-order valence-corrected chi connectivity index (χ3v) is 2.65. The molecule has 0 aliphatic heterocycles. The van der Waals surface area contributed by atoms with Gasteiger partial charge in [0, 0.05) is 6.54 Å². The molecule has 0 fully saturated rings. The quantitative estimate of drug-likeness (QED) is 0.344. The molecule has 0 radical (unpaired) electrons. The highest BCUT2D eigenvalue weighted by Crippen LogP contribution is 2.21. The van der Waals surface area contributed by atoms with E-state index in [1.807, 2.05) is 0 Å². The normalized spacial score (nSPS) is 10.1. The molecule has 0 spiro atoms. The zero-order valence-corrected chi connectivity index (χ0v) is 11.9. The first-order valence-corrected chi connectivity index (χ1v) is 6.54. The number of aromatic nitrogens is 2. The SMILES string of the molecule is CCCCCNc1nc(N)c(C(=O)N=C(N)N)nc1Cl. The molecule has 1 aromatic rings. The first-order valence-electron chi connectivity index (χ1n) is 6.16. The second-order valence-electron chi connectivity index (χ2n) is 4.07. The Morgan fingerprint density at radius 2 is 2.05 bits per heavy atom. The maximum absolute atomic E-state index is 11.6. The Morgan fingerprint density at radius 3 is 2.65 bits per heavy atom. The Morgan fingerprint density at radius 1 is 1.35 bits per heavy atom. The zero-order valence-electron chi connectivity index (χ0n) is 11.2. The van der Waals surface area contributed by atoms with E-state index in [1.54, 1.807) is 0 Å². The Kier molecular flexibility index (Phi) is 5.98. The molecule has 1 amide bonds. The van der Waals surface area contributed by atoms with E-state index in [0.29, 0.717) is 12.4 Å². The lowest BCUT2D eigenvalue weighted by molar-refractivity contribution is 0.0998. The molecule has 0 bridgehead atoms. The number of unbranched alkanes of at least 4 members (excludes halogenated alkanes) is 2. The van der Waals surface area contributed by atoms with Crippen molar-refractivity contribution in [2.45, 2.75) is 26.2 Å². The fraction of sp³-hybridized carbons (Fsp3) is 0.455. The smallest absolute Gasteiger partial charge is 0.302 e. The molecule has 1 heterocycles. The van der Waals surface area contributed by atoms with Crippen molar-refractivity contribution in [2.24, 2.45) is 16.5 Å². The first kappa shape index (κ1) is 16.0. The van der Waals surface area contributed by atoms with E-state index in [9.17, 15) is 4.79 Å². The van der Waals surface area contributed by atoms with Gasteiger partial charge in [0.15, 0.2) is 28.4 Å². The number of rotatable bonds is 6. The summed E-state index contributed by atoms with van der Waals surface area (Å²) in [5, 5.41) is 3.06. The number of nitrogen functional groups attached to an aromatic ring is 1. The third-order valence-electron chi connectivity index (χ3n) is 2.39. The van der Waals surface area contributed by atoms with Crippen LogP contribution in [-0.2, 0) is 0 Å². The number of nitrogens with zero attached hydrogens (tertiary/aromatic N) is 3. The predicted octanol–water partition coefficient (Wildman–Crippen LogP) is 0.728. The van der Waals surface area contributed by atoms with Gasteiger partial charge in [0.25, 0.3) is 0 Å². The van der Waals surface area contributed by atoms with Gasteiger partial charge >= 0.3 is 5.91 Å². The monoisotopic (exact) mass is 299 g/mol. The van der Waals surface area contributed by atoms with Crippen molar-refractivity contribution < 1.29 is 4.79 Å². The van der Waals surface area contributed by atoms with E-state index >= 15 is 0 Å². The lowest BCUT2D eigenvalue weighted by Gasteiger charge is -2.09. The number of aliphatic imine (C=N–C) groups is 1. The first-order chi connectivity index (χ1) is 9.45. The van der Waals surface area contributed by atoms with Crippen molar-refractivity contribution in [3.63, 3.8) is 0 Å². The van der Waals surface area contributed by atoms with Crippen molar-refractivity contribution >= 4 is 35.1 Å². The van der Waals surface area contributed by atoms with E-state index in [4.69, 9.17) is 28.8 Å². The summed E-state index contributed by atoms with van der Waals surface area (Å²) >= 11 is 5.94. The average molecular weight is 300 g/mol. The Balaban J connectivity index is 2.86. The lowest BCUT2D eigenvalue weighted by Crippen LogP contribution is -2.25. The highest BCUT2D eigenvalue weighted by molar-refractivity contribution is 6.32. The number of guanidine groups is 1. The molecular formula is C11H18ClN7O. The molecule has 9 heteroatoms. The second-order valence-corrected chi connectivity index (χ2v) is 4.43. The van der Waals surface area contributed by atoms with Crippen LogP contribution in [0.2, 0.25) is 5.15 Å². The molecule has 1 aromatic heterocycles. The van der Waals surface area contributed by atoms with Crippen LogP contribution in [0.25, 0.3) is 0 Å². The van der Waals surface area contributed by atoms with E-state index in [2.05, 4.69) is 27.2 Å².